The van der Waals surface area contributed by atoms with Gasteiger partial charge in [-0.25, -0.2) is 0 Å². The Balaban J connectivity index is 2.24. The number of hydrogen-bond donors (Lipinski definition) is 0. The molecule has 0 bridgehead atoms. The van der Waals surface area contributed by atoms with Crippen molar-refractivity contribution >= 4 is 23.6 Å². The molecular formula is C14H14ClNO2. The Bertz CT molecular complexity index is 523. The van der Waals surface area contributed by atoms with Crippen LogP contribution in [-0.4, -0.2) is 12.8 Å². The second-order valence-electron chi connectivity index (χ2n) is 3.92. The van der Waals surface area contributed by atoms with Gasteiger partial charge >= 0.3 is 0 Å². The van der Waals surface area contributed by atoms with Gasteiger partial charge in [-0.05, 0) is 37.3 Å². The maximum absolute atomic E-state index is 10.7. The number of nitrogens with zero attached hydrogens (tertiary/aromatic N) is 1. The van der Waals surface area contributed by atoms with Crippen molar-refractivity contribution in [2.75, 3.05) is 11.4 Å². The summed E-state index contributed by atoms with van der Waals surface area (Å²) < 4.78 is 5.33. The van der Waals surface area contributed by atoms with Crippen LogP contribution in [0, 0.1) is 0 Å². The van der Waals surface area contributed by atoms with Crippen LogP contribution in [0.5, 0.6) is 0 Å². The van der Waals surface area contributed by atoms with Crippen LogP contribution in [0.15, 0.2) is 41.0 Å². The Labute approximate surface area is 111 Å². The zero-order valence-electron chi connectivity index (χ0n) is 10.1. The molecule has 94 valence electrons. The molecule has 1 aromatic heterocycles. The van der Waals surface area contributed by atoms with E-state index in [2.05, 4.69) is 4.90 Å². The molecule has 0 N–H and O–H groups in total. The molecule has 0 aliphatic heterocycles. The first kappa shape index (κ1) is 12.7. The number of aldehydes is 1. The van der Waals surface area contributed by atoms with Crippen molar-refractivity contribution in [2.45, 2.75) is 13.5 Å². The average molecular weight is 264 g/mol. The predicted molar refractivity (Wildman–Crippen MR) is 72.3 cm³/mol. The molecule has 0 saturated heterocycles. The molecule has 0 saturated carbocycles. The van der Waals surface area contributed by atoms with E-state index in [1.165, 1.54) is 0 Å². The van der Waals surface area contributed by atoms with E-state index in [0.717, 1.165) is 24.3 Å². The lowest BCUT2D eigenvalue weighted by atomic mass is 10.2. The Morgan fingerprint density at radius 2 is 2.22 bits per heavy atom. The molecule has 3 nitrogen and oxygen atoms in total. The van der Waals surface area contributed by atoms with Gasteiger partial charge < -0.3 is 9.32 Å². The summed E-state index contributed by atoms with van der Waals surface area (Å²) in [5, 5.41) is 0.577. The maximum atomic E-state index is 10.7. The molecule has 2 rings (SSSR count). The van der Waals surface area contributed by atoms with Crippen molar-refractivity contribution < 1.29 is 9.21 Å². The van der Waals surface area contributed by atoms with Crippen molar-refractivity contribution in [1.29, 1.82) is 0 Å². The van der Waals surface area contributed by atoms with Gasteiger partial charge in [0, 0.05) is 12.1 Å². The molecular weight excluding hydrogens is 250 g/mol. The van der Waals surface area contributed by atoms with Crippen LogP contribution in [0.4, 0.5) is 5.69 Å². The molecule has 1 aromatic carbocycles. The lowest BCUT2D eigenvalue weighted by Crippen LogP contribution is -2.22. The van der Waals surface area contributed by atoms with Gasteiger partial charge in [0.2, 0.25) is 0 Å². The highest BCUT2D eigenvalue weighted by Gasteiger charge is 2.11. The van der Waals surface area contributed by atoms with Crippen LogP contribution in [-0.2, 0) is 6.54 Å². The molecule has 0 atom stereocenters. The van der Waals surface area contributed by atoms with Crippen molar-refractivity contribution in [3.05, 3.63) is 52.9 Å². The summed E-state index contributed by atoms with van der Waals surface area (Å²) in [4.78, 5) is 12.8. The third-order valence-electron chi connectivity index (χ3n) is 2.76. The van der Waals surface area contributed by atoms with Gasteiger partial charge in [0.15, 0.2) is 0 Å². The summed E-state index contributed by atoms with van der Waals surface area (Å²) in [5.74, 6) is 0.882. The summed E-state index contributed by atoms with van der Waals surface area (Å²) in [5.41, 5.74) is 1.49. The molecule has 18 heavy (non-hydrogen) atoms. The van der Waals surface area contributed by atoms with Gasteiger partial charge in [0.1, 0.15) is 12.0 Å². The van der Waals surface area contributed by atoms with Gasteiger partial charge in [-0.3, -0.25) is 4.79 Å². The zero-order valence-corrected chi connectivity index (χ0v) is 10.9. The lowest BCUT2D eigenvalue weighted by Gasteiger charge is -2.23. The monoisotopic (exact) mass is 263 g/mol. The summed E-state index contributed by atoms with van der Waals surface area (Å²) in [7, 11) is 0. The van der Waals surface area contributed by atoms with Crippen LogP contribution in [0.3, 0.4) is 0 Å². The van der Waals surface area contributed by atoms with Crippen LogP contribution in [0.25, 0.3) is 0 Å². The lowest BCUT2D eigenvalue weighted by molar-refractivity contribution is 0.112. The first-order valence-corrected chi connectivity index (χ1v) is 6.14. The molecule has 0 unspecified atom stereocenters. The Hall–Kier alpha value is -1.74. The van der Waals surface area contributed by atoms with E-state index in [9.17, 15) is 4.79 Å². The van der Waals surface area contributed by atoms with Gasteiger partial charge in [-0.1, -0.05) is 11.6 Å². The smallest absolute Gasteiger partial charge is 0.150 e. The van der Waals surface area contributed by atoms with E-state index < -0.39 is 0 Å². The number of benzene rings is 1. The van der Waals surface area contributed by atoms with Gasteiger partial charge in [0.05, 0.1) is 23.5 Å². The Morgan fingerprint density at radius 3 is 2.78 bits per heavy atom. The van der Waals surface area contributed by atoms with Crippen LogP contribution in [0.1, 0.15) is 23.0 Å². The summed E-state index contributed by atoms with van der Waals surface area (Å²) in [6, 6.07) is 9.09. The van der Waals surface area contributed by atoms with E-state index in [1.807, 2.05) is 25.1 Å². The fourth-order valence-electron chi connectivity index (χ4n) is 1.81. The van der Waals surface area contributed by atoms with E-state index in [4.69, 9.17) is 16.0 Å². The van der Waals surface area contributed by atoms with E-state index in [0.29, 0.717) is 17.1 Å². The number of hydrogen-bond acceptors (Lipinski definition) is 3. The van der Waals surface area contributed by atoms with E-state index >= 15 is 0 Å². The molecule has 0 fully saturated rings. The third kappa shape index (κ3) is 2.74. The minimum atomic E-state index is 0.577. The van der Waals surface area contributed by atoms with Gasteiger partial charge in [0.25, 0.3) is 0 Å². The molecule has 0 radical (unpaired) electrons. The fourth-order valence-corrected chi connectivity index (χ4v) is 2.12. The standard InChI is InChI=1S/C14H14ClNO2/c1-2-16(9-12-4-3-7-18-12)14-6-5-11(10-17)8-13(14)15/h3-8,10H,2,9H2,1H3. The first-order chi connectivity index (χ1) is 8.74. The topological polar surface area (TPSA) is 33.5 Å². The maximum Gasteiger partial charge on any atom is 0.150 e. The molecule has 0 spiro atoms. The number of furan rings is 1. The van der Waals surface area contributed by atoms with Crippen molar-refractivity contribution in [2.24, 2.45) is 0 Å². The average Bonchev–Trinajstić information content (AvgIpc) is 2.89. The summed E-state index contributed by atoms with van der Waals surface area (Å²) in [6.45, 7) is 3.51. The van der Waals surface area contributed by atoms with Crippen molar-refractivity contribution in [3.8, 4) is 0 Å². The first-order valence-electron chi connectivity index (χ1n) is 5.76. The minimum absolute atomic E-state index is 0.577. The van der Waals surface area contributed by atoms with Crippen LogP contribution >= 0.6 is 11.6 Å². The van der Waals surface area contributed by atoms with E-state index in [1.54, 1.807) is 18.4 Å². The van der Waals surface area contributed by atoms with Gasteiger partial charge in [-0.15, -0.1) is 0 Å². The van der Waals surface area contributed by atoms with Gasteiger partial charge in [-0.2, -0.15) is 0 Å². The Morgan fingerprint density at radius 1 is 1.39 bits per heavy atom. The molecule has 1 heterocycles. The number of carbonyl (C=O) groups is 1. The normalized spacial score (nSPS) is 10.3. The highest BCUT2D eigenvalue weighted by atomic mass is 35.5. The quantitative estimate of drug-likeness (QED) is 0.770. The fraction of sp³-hybridized carbons (Fsp3) is 0.214. The zero-order chi connectivity index (χ0) is 13.0. The highest BCUT2D eigenvalue weighted by Crippen LogP contribution is 2.27. The minimum Gasteiger partial charge on any atom is -0.467 e. The number of rotatable bonds is 5. The predicted octanol–water partition coefficient (Wildman–Crippen LogP) is 3.77. The molecule has 0 aliphatic rings. The second kappa shape index (κ2) is 5.74. The molecule has 0 aliphatic carbocycles. The van der Waals surface area contributed by atoms with Crippen LogP contribution in [0.2, 0.25) is 5.02 Å². The summed E-state index contributed by atoms with van der Waals surface area (Å²) >= 11 is 6.19. The number of anilines is 1. The summed E-state index contributed by atoms with van der Waals surface area (Å²) in [6.07, 6.45) is 2.44. The number of carbonyl (C=O) groups excluding carboxylic acids is 1. The second-order valence-corrected chi connectivity index (χ2v) is 4.33. The van der Waals surface area contributed by atoms with Crippen molar-refractivity contribution in [1.82, 2.24) is 0 Å². The molecule has 0 amide bonds. The van der Waals surface area contributed by atoms with Crippen molar-refractivity contribution in [3.63, 3.8) is 0 Å². The number of halogens is 1. The third-order valence-corrected chi connectivity index (χ3v) is 3.06. The SMILES string of the molecule is CCN(Cc1ccco1)c1ccc(C=O)cc1Cl. The van der Waals surface area contributed by atoms with E-state index in [-0.39, 0.29) is 0 Å². The largest absolute Gasteiger partial charge is 0.467 e. The molecule has 2 aromatic rings. The molecule has 4 heteroatoms. The van der Waals surface area contributed by atoms with Crippen LogP contribution < -0.4 is 4.90 Å². The Kier molecular flexibility index (Phi) is 4.05. The highest BCUT2D eigenvalue weighted by molar-refractivity contribution is 6.33.